The summed E-state index contributed by atoms with van der Waals surface area (Å²) >= 11 is 0. The molecule has 0 bridgehead atoms. The number of carbonyl (C=O) groups is 2. The molecule has 1 saturated heterocycles. The number of ether oxygens (including phenoxy) is 1. The first kappa shape index (κ1) is 15.8. The maximum atomic E-state index is 12.3. The van der Waals surface area contributed by atoms with Crippen molar-refractivity contribution in [1.29, 1.82) is 0 Å². The lowest BCUT2D eigenvalue weighted by Gasteiger charge is -2.32. The highest BCUT2D eigenvalue weighted by atomic mass is 16.5. The number of nitrogens with zero attached hydrogens (tertiary/aromatic N) is 1. The number of benzene rings is 1. The molecule has 0 radical (unpaired) electrons. The molecular formula is C18H23NO4. The van der Waals surface area contributed by atoms with Gasteiger partial charge in [0.2, 0.25) is 5.91 Å². The first-order valence-electron chi connectivity index (χ1n) is 8.23. The highest BCUT2D eigenvalue weighted by molar-refractivity contribution is 5.89. The Kier molecular flexibility index (Phi) is 4.55. The van der Waals surface area contributed by atoms with Crippen LogP contribution in [0, 0.1) is 17.8 Å². The van der Waals surface area contributed by atoms with Gasteiger partial charge in [-0.1, -0.05) is 18.2 Å². The minimum Gasteiger partial charge on any atom is -0.496 e. The van der Waals surface area contributed by atoms with E-state index < -0.39 is 11.9 Å². The van der Waals surface area contributed by atoms with Gasteiger partial charge in [0.15, 0.2) is 0 Å². The number of likely N-dealkylation sites (tertiary alicyclic amines) is 1. The summed E-state index contributed by atoms with van der Waals surface area (Å²) in [6.45, 7) is 1.48. The molecule has 2 fully saturated rings. The Morgan fingerprint density at radius 1 is 1.22 bits per heavy atom. The van der Waals surface area contributed by atoms with Gasteiger partial charge in [-0.25, -0.2) is 0 Å². The maximum absolute atomic E-state index is 12.3. The largest absolute Gasteiger partial charge is 0.496 e. The van der Waals surface area contributed by atoms with Crippen LogP contribution in [0.1, 0.15) is 24.8 Å². The van der Waals surface area contributed by atoms with E-state index >= 15 is 0 Å². The molecule has 5 nitrogen and oxygen atoms in total. The van der Waals surface area contributed by atoms with Crippen molar-refractivity contribution in [1.82, 2.24) is 4.90 Å². The van der Waals surface area contributed by atoms with Crippen LogP contribution in [-0.4, -0.2) is 42.1 Å². The number of carboxylic acids is 1. The summed E-state index contributed by atoms with van der Waals surface area (Å²) in [7, 11) is 1.69. The second kappa shape index (κ2) is 6.60. The lowest BCUT2D eigenvalue weighted by Crippen LogP contribution is -2.40. The Hall–Kier alpha value is -2.04. The van der Waals surface area contributed by atoms with Gasteiger partial charge in [0.25, 0.3) is 0 Å². The van der Waals surface area contributed by atoms with E-state index in [0.29, 0.717) is 12.3 Å². The summed E-state index contributed by atoms with van der Waals surface area (Å²) in [4.78, 5) is 25.0. The molecular weight excluding hydrogens is 294 g/mol. The van der Waals surface area contributed by atoms with Gasteiger partial charge in [0, 0.05) is 13.1 Å². The summed E-state index contributed by atoms with van der Waals surface area (Å²) in [5.74, 6) is -0.0623. The predicted octanol–water partition coefficient (Wildman–Crippen LogP) is 2.20. The van der Waals surface area contributed by atoms with E-state index in [9.17, 15) is 9.59 Å². The second-order valence-corrected chi connectivity index (χ2v) is 6.57. The zero-order chi connectivity index (χ0) is 16.4. The molecule has 5 heteroatoms. The number of carboxylic acid groups (broad SMARTS) is 1. The normalized spacial score (nSPS) is 24.3. The minimum atomic E-state index is -0.839. The van der Waals surface area contributed by atoms with Crippen LogP contribution >= 0.6 is 0 Å². The highest BCUT2D eigenvalue weighted by Gasteiger charge is 2.50. The van der Waals surface area contributed by atoms with Crippen LogP contribution in [-0.2, 0) is 16.0 Å². The van der Waals surface area contributed by atoms with E-state index in [2.05, 4.69) is 6.07 Å². The number of rotatable bonds is 5. The van der Waals surface area contributed by atoms with Gasteiger partial charge in [-0.05, 0) is 43.2 Å². The number of amides is 1. The standard InChI is InChI=1S/C18H23NO4/c1-23-16-5-3-2-4-13(16)10-12-6-8-19(9-7-12)17(20)14-11-15(14)18(21)22/h2-5,12,14-15H,6-11H2,1H3,(H,21,22). The molecule has 124 valence electrons. The quantitative estimate of drug-likeness (QED) is 0.904. The molecule has 1 aliphatic heterocycles. The predicted molar refractivity (Wildman–Crippen MR) is 85.2 cm³/mol. The monoisotopic (exact) mass is 317 g/mol. The first-order valence-corrected chi connectivity index (χ1v) is 8.23. The zero-order valence-corrected chi connectivity index (χ0v) is 13.4. The van der Waals surface area contributed by atoms with E-state index in [1.807, 2.05) is 23.1 Å². The smallest absolute Gasteiger partial charge is 0.307 e. The second-order valence-electron chi connectivity index (χ2n) is 6.57. The highest BCUT2D eigenvalue weighted by Crippen LogP contribution is 2.40. The van der Waals surface area contributed by atoms with Crippen LogP contribution in [0.5, 0.6) is 5.75 Å². The molecule has 1 aromatic carbocycles. The number of piperidine rings is 1. The Bertz CT molecular complexity index is 592. The summed E-state index contributed by atoms with van der Waals surface area (Å²) < 4.78 is 5.40. The number of hydrogen-bond acceptors (Lipinski definition) is 3. The van der Waals surface area contributed by atoms with Crippen molar-refractivity contribution in [2.45, 2.75) is 25.7 Å². The van der Waals surface area contributed by atoms with E-state index in [-0.39, 0.29) is 11.8 Å². The fourth-order valence-electron chi connectivity index (χ4n) is 3.52. The van der Waals surface area contributed by atoms with E-state index in [0.717, 1.165) is 38.1 Å². The molecule has 2 aliphatic rings. The van der Waals surface area contributed by atoms with Gasteiger partial charge in [0.05, 0.1) is 18.9 Å². The fourth-order valence-corrected chi connectivity index (χ4v) is 3.52. The SMILES string of the molecule is COc1ccccc1CC1CCN(C(=O)C2CC2C(=O)O)CC1. The molecule has 1 aliphatic carbocycles. The molecule has 1 heterocycles. The average molecular weight is 317 g/mol. The van der Waals surface area contributed by atoms with Crippen LogP contribution in [0.25, 0.3) is 0 Å². The lowest BCUT2D eigenvalue weighted by molar-refractivity contribution is -0.142. The third-order valence-electron chi connectivity index (χ3n) is 5.05. The van der Waals surface area contributed by atoms with Crippen molar-refractivity contribution in [3.05, 3.63) is 29.8 Å². The van der Waals surface area contributed by atoms with Crippen molar-refractivity contribution in [3.63, 3.8) is 0 Å². The van der Waals surface area contributed by atoms with Crippen LogP contribution < -0.4 is 4.74 Å². The van der Waals surface area contributed by atoms with Gasteiger partial charge >= 0.3 is 5.97 Å². The van der Waals surface area contributed by atoms with Crippen LogP contribution in [0.15, 0.2) is 24.3 Å². The molecule has 1 amide bonds. The van der Waals surface area contributed by atoms with Crippen molar-refractivity contribution < 1.29 is 19.4 Å². The number of para-hydroxylation sites is 1. The third kappa shape index (κ3) is 3.49. The van der Waals surface area contributed by atoms with E-state index in [1.165, 1.54) is 5.56 Å². The molecule has 0 spiro atoms. The molecule has 3 rings (SSSR count). The molecule has 1 saturated carbocycles. The maximum Gasteiger partial charge on any atom is 0.307 e. The van der Waals surface area contributed by atoms with Gasteiger partial charge in [-0.15, -0.1) is 0 Å². The van der Waals surface area contributed by atoms with Gasteiger partial charge < -0.3 is 14.7 Å². The fraction of sp³-hybridized carbons (Fsp3) is 0.556. The number of carbonyl (C=O) groups excluding carboxylic acids is 1. The number of hydrogen-bond donors (Lipinski definition) is 1. The topological polar surface area (TPSA) is 66.8 Å². The van der Waals surface area contributed by atoms with Crippen molar-refractivity contribution >= 4 is 11.9 Å². The number of methoxy groups -OCH3 is 1. The van der Waals surface area contributed by atoms with Crippen LogP contribution in [0.2, 0.25) is 0 Å². The molecule has 1 N–H and O–H groups in total. The molecule has 0 aromatic heterocycles. The van der Waals surface area contributed by atoms with Gasteiger partial charge in [-0.3, -0.25) is 9.59 Å². The molecule has 2 unspecified atom stereocenters. The summed E-state index contributed by atoms with van der Waals surface area (Å²) in [5.41, 5.74) is 1.22. The molecule has 1 aromatic rings. The Balaban J connectivity index is 1.51. The first-order chi connectivity index (χ1) is 11.1. The summed E-state index contributed by atoms with van der Waals surface area (Å²) in [6.07, 6.45) is 3.41. The summed E-state index contributed by atoms with van der Waals surface area (Å²) in [6, 6.07) is 8.07. The Labute approximate surface area is 136 Å². The Morgan fingerprint density at radius 3 is 2.52 bits per heavy atom. The Morgan fingerprint density at radius 2 is 1.91 bits per heavy atom. The molecule has 2 atom stereocenters. The van der Waals surface area contributed by atoms with Crippen molar-refractivity contribution in [2.75, 3.05) is 20.2 Å². The lowest BCUT2D eigenvalue weighted by atomic mass is 9.89. The average Bonchev–Trinajstić information content (AvgIpc) is 3.36. The van der Waals surface area contributed by atoms with Crippen LogP contribution in [0.3, 0.4) is 0 Å². The van der Waals surface area contributed by atoms with Gasteiger partial charge in [0.1, 0.15) is 5.75 Å². The van der Waals surface area contributed by atoms with Crippen LogP contribution in [0.4, 0.5) is 0 Å². The van der Waals surface area contributed by atoms with E-state index in [4.69, 9.17) is 9.84 Å². The van der Waals surface area contributed by atoms with Crippen molar-refractivity contribution in [2.24, 2.45) is 17.8 Å². The number of aliphatic carboxylic acids is 1. The summed E-state index contributed by atoms with van der Waals surface area (Å²) in [5, 5.41) is 8.94. The minimum absolute atomic E-state index is 0.0353. The van der Waals surface area contributed by atoms with Crippen molar-refractivity contribution in [3.8, 4) is 5.75 Å². The molecule has 23 heavy (non-hydrogen) atoms. The third-order valence-corrected chi connectivity index (χ3v) is 5.05. The van der Waals surface area contributed by atoms with Gasteiger partial charge in [-0.2, -0.15) is 0 Å². The van der Waals surface area contributed by atoms with E-state index in [1.54, 1.807) is 7.11 Å². The zero-order valence-electron chi connectivity index (χ0n) is 13.4.